The van der Waals surface area contributed by atoms with Gasteiger partial charge >= 0.3 is 0 Å². The highest BCUT2D eigenvalue weighted by molar-refractivity contribution is 8.00. The molecule has 3 rings (SSSR count). The molecule has 8 nitrogen and oxygen atoms in total. The average molecular weight is 459 g/mol. The zero-order valence-electron chi connectivity index (χ0n) is 16.9. The third kappa shape index (κ3) is 5.64. The Kier molecular flexibility index (Phi) is 7.33. The lowest BCUT2D eigenvalue weighted by Gasteiger charge is -2.34. The molecule has 0 bridgehead atoms. The maximum atomic E-state index is 12.9. The van der Waals surface area contributed by atoms with E-state index in [1.807, 2.05) is 18.2 Å². The molecule has 1 aliphatic heterocycles. The molecule has 2 aromatic rings. The van der Waals surface area contributed by atoms with Gasteiger partial charge in [0, 0.05) is 43.7 Å². The Hall–Kier alpha value is -2.87. The number of amides is 2. The van der Waals surface area contributed by atoms with Crippen LogP contribution >= 0.6 is 11.8 Å². The van der Waals surface area contributed by atoms with E-state index in [4.69, 9.17) is 0 Å². The van der Waals surface area contributed by atoms with Crippen molar-refractivity contribution >= 4 is 39.3 Å². The van der Waals surface area contributed by atoms with Crippen LogP contribution in [0.25, 0.3) is 0 Å². The fourth-order valence-corrected chi connectivity index (χ4v) is 5.54. The molecule has 0 atom stereocenters. The summed E-state index contributed by atoms with van der Waals surface area (Å²) in [5.74, 6) is 0.0296. The lowest BCUT2D eigenvalue weighted by Crippen LogP contribution is -2.51. The molecule has 1 fully saturated rings. The second-order valence-electron chi connectivity index (χ2n) is 6.89. The molecular formula is C21H22N4O4S2. The molecule has 0 aliphatic carbocycles. The third-order valence-electron chi connectivity index (χ3n) is 4.75. The molecule has 2 amide bonds. The zero-order valence-corrected chi connectivity index (χ0v) is 18.6. The van der Waals surface area contributed by atoms with Crippen LogP contribution in [0.3, 0.4) is 0 Å². The largest absolute Gasteiger partial charge is 0.339 e. The van der Waals surface area contributed by atoms with Crippen molar-refractivity contribution in [1.29, 1.82) is 5.26 Å². The Labute approximate surface area is 185 Å². The van der Waals surface area contributed by atoms with Crippen LogP contribution in [-0.4, -0.2) is 61.4 Å². The van der Waals surface area contributed by atoms with Gasteiger partial charge < -0.3 is 10.2 Å². The fourth-order valence-electron chi connectivity index (χ4n) is 3.18. The number of piperazine rings is 1. The number of anilines is 1. The molecule has 162 valence electrons. The Bertz CT molecular complexity index is 1100. The Morgan fingerprint density at radius 3 is 2.32 bits per heavy atom. The smallest absolute Gasteiger partial charge is 0.244 e. The summed E-state index contributed by atoms with van der Waals surface area (Å²) in [5.41, 5.74) is 0.806. The summed E-state index contributed by atoms with van der Waals surface area (Å²) >= 11 is 1.39. The number of nitriles is 1. The number of nitrogens with one attached hydrogen (secondary N) is 1. The summed E-state index contributed by atoms with van der Waals surface area (Å²) in [5, 5.41) is 11.9. The van der Waals surface area contributed by atoms with Crippen LogP contribution in [0, 0.1) is 11.3 Å². The van der Waals surface area contributed by atoms with Gasteiger partial charge in [-0.2, -0.15) is 9.57 Å². The van der Waals surface area contributed by atoms with E-state index in [1.54, 1.807) is 29.2 Å². The Morgan fingerprint density at radius 1 is 1.06 bits per heavy atom. The SMILES string of the molecule is CC(=O)Nc1ccc(SCC(=O)N2CCN(S(=O)(=O)c3ccccc3C#N)CC2)cc1. The predicted octanol–water partition coefficient (Wildman–Crippen LogP) is 2.14. The van der Waals surface area contributed by atoms with E-state index in [2.05, 4.69) is 5.32 Å². The Morgan fingerprint density at radius 2 is 1.71 bits per heavy atom. The van der Waals surface area contributed by atoms with Crippen molar-refractivity contribution in [2.75, 3.05) is 37.2 Å². The third-order valence-corrected chi connectivity index (χ3v) is 7.71. The van der Waals surface area contributed by atoms with E-state index < -0.39 is 10.0 Å². The average Bonchev–Trinajstić information content (AvgIpc) is 2.78. The van der Waals surface area contributed by atoms with Crippen LogP contribution in [-0.2, 0) is 19.6 Å². The van der Waals surface area contributed by atoms with Crippen LogP contribution in [0.15, 0.2) is 58.3 Å². The molecular weight excluding hydrogens is 436 g/mol. The zero-order chi connectivity index (χ0) is 22.4. The highest BCUT2D eigenvalue weighted by atomic mass is 32.2. The van der Waals surface area contributed by atoms with Crippen LogP contribution < -0.4 is 5.32 Å². The maximum absolute atomic E-state index is 12.9. The van der Waals surface area contributed by atoms with Gasteiger partial charge in [-0.05, 0) is 36.4 Å². The number of hydrogen-bond acceptors (Lipinski definition) is 6. The highest BCUT2D eigenvalue weighted by Crippen LogP contribution is 2.23. The van der Waals surface area contributed by atoms with Crippen molar-refractivity contribution in [3.8, 4) is 6.07 Å². The number of carbonyl (C=O) groups is 2. The number of hydrogen-bond donors (Lipinski definition) is 1. The first kappa shape index (κ1) is 22.8. The summed E-state index contributed by atoms with van der Waals surface area (Å²) in [7, 11) is -3.78. The van der Waals surface area contributed by atoms with Gasteiger partial charge in [-0.15, -0.1) is 11.8 Å². The minimum absolute atomic E-state index is 0.00413. The molecule has 2 aromatic carbocycles. The van der Waals surface area contributed by atoms with E-state index in [9.17, 15) is 23.3 Å². The summed E-state index contributed by atoms with van der Waals surface area (Å²) in [4.78, 5) is 26.2. The normalized spacial score (nSPS) is 14.6. The van der Waals surface area contributed by atoms with Gasteiger partial charge in [-0.1, -0.05) is 12.1 Å². The van der Waals surface area contributed by atoms with Crippen LogP contribution in [0.1, 0.15) is 12.5 Å². The van der Waals surface area contributed by atoms with Gasteiger partial charge in [0.15, 0.2) is 0 Å². The fraction of sp³-hybridized carbons (Fsp3) is 0.286. The minimum atomic E-state index is -3.78. The molecule has 1 heterocycles. The number of sulfonamides is 1. The summed E-state index contributed by atoms with van der Waals surface area (Å²) in [6.07, 6.45) is 0. The quantitative estimate of drug-likeness (QED) is 0.664. The summed E-state index contributed by atoms with van der Waals surface area (Å²) in [6.45, 7) is 2.41. The van der Waals surface area contributed by atoms with E-state index in [0.717, 1.165) is 4.90 Å². The second kappa shape index (κ2) is 9.96. The van der Waals surface area contributed by atoms with Crippen molar-refractivity contribution in [2.24, 2.45) is 0 Å². The number of nitrogens with zero attached hydrogens (tertiary/aromatic N) is 3. The molecule has 31 heavy (non-hydrogen) atoms. The van der Waals surface area contributed by atoms with Crippen molar-refractivity contribution < 1.29 is 18.0 Å². The van der Waals surface area contributed by atoms with Gasteiger partial charge in [0.1, 0.15) is 6.07 Å². The minimum Gasteiger partial charge on any atom is -0.339 e. The van der Waals surface area contributed by atoms with Crippen molar-refractivity contribution in [1.82, 2.24) is 9.21 Å². The highest BCUT2D eigenvalue weighted by Gasteiger charge is 2.31. The van der Waals surface area contributed by atoms with Crippen molar-refractivity contribution in [2.45, 2.75) is 16.7 Å². The number of thioether (sulfide) groups is 1. The monoisotopic (exact) mass is 458 g/mol. The molecule has 1 saturated heterocycles. The molecule has 1 aliphatic rings. The van der Waals surface area contributed by atoms with E-state index in [1.165, 1.54) is 35.1 Å². The predicted molar refractivity (Wildman–Crippen MR) is 118 cm³/mol. The summed E-state index contributed by atoms with van der Waals surface area (Å²) < 4.78 is 27.1. The topological polar surface area (TPSA) is 111 Å². The lowest BCUT2D eigenvalue weighted by molar-refractivity contribution is -0.129. The first-order chi connectivity index (χ1) is 14.8. The first-order valence-corrected chi connectivity index (χ1v) is 12.0. The molecule has 0 aromatic heterocycles. The number of benzene rings is 2. The van der Waals surface area contributed by atoms with Crippen LogP contribution in [0.4, 0.5) is 5.69 Å². The van der Waals surface area contributed by atoms with Gasteiger partial charge in [-0.25, -0.2) is 8.42 Å². The molecule has 0 radical (unpaired) electrons. The molecule has 0 spiro atoms. The van der Waals surface area contributed by atoms with E-state index >= 15 is 0 Å². The van der Waals surface area contributed by atoms with Crippen molar-refractivity contribution in [3.63, 3.8) is 0 Å². The van der Waals surface area contributed by atoms with Gasteiger partial charge in [0.2, 0.25) is 21.8 Å². The second-order valence-corrected chi connectivity index (χ2v) is 9.84. The van der Waals surface area contributed by atoms with Gasteiger partial charge in [0.25, 0.3) is 0 Å². The number of carbonyl (C=O) groups excluding carboxylic acids is 2. The Balaban J connectivity index is 1.54. The molecule has 0 unspecified atom stereocenters. The lowest BCUT2D eigenvalue weighted by atomic mass is 10.2. The van der Waals surface area contributed by atoms with E-state index in [0.29, 0.717) is 18.8 Å². The van der Waals surface area contributed by atoms with Crippen molar-refractivity contribution in [3.05, 3.63) is 54.1 Å². The first-order valence-electron chi connectivity index (χ1n) is 9.59. The van der Waals surface area contributed by atoms with Crippen LogP contribution in [0.5, 0.6) is 0 Å². The number of rotatable bonds is 6. The standard InChI is InChI=1S/C21H22N4O4S2/c1-16(26)23-18-6-8-19(9-7-18)30-15-21(27)24-10-12-25(13-11-24)31(28,29)20-5-3-2-4-17(20)14-22/h2-9H,10-13,15H2,1H3,(H,23,26). The summed E-state index contributed by atoms with van der Waals surface area (Å²) in [6, 6.07) is 15.3. The van der Waals surface area contributed by atoms with Crippen LogP contribution in [0.2, 0.25) is 0 Å². The van der Waals surface area contributed by atoms with Gasteiger partial charge in [-0.3, -0.25) is 9.59 Å². The molecule has 0 saturated carbocycles. The maximum Gasteiger partial charge on any atom is 0.244 e. The molecule has 1 N–H and O–H groups in total. The van der Waals surface area contributed by atoms with E-state index in [-0.39, 0.29) is 41.1 Å². The van der Waals surface area contributed by atoms with Gasteiger partial charge in [0.05, 0.1) is 16.2 Å². The molecule has 10 heteroatoms.